The van der Waals surface area contributed by atoms with Crippen LogP contribution in [-0.4, -0.2) is 26.7 Å². The van der Waals surface area contributed by atoms with Crippen LogP contribution in [0.25, 0.3) is 11.3 Å². The summed E-state index contributed by atoms with van der Waals surface area (Å²) in [6.07, 6.45) is 1.30. The van der Waals surface area contributed by atoms with Gasteiger partial charge < -0.3 is 9.73 Å². The van der Waals surface area contributed by atoms with E-state index in [1.807, 2.05) is 62.7 Å². The van der Waals surface area contributed by atoms with Gasteiger partial charge in [-0.25, -0.2) is 4.98 Å². The fourth-order valence-corrected chi connectivity index (χ4v) is 2.77. The number of hydrogen-bond acceptors (Lipinski definition) is 4. The van der Waals surface area contributed by atoms with Crippen molar-refractivity contribution in [2.45, 2.75) is 40.3 Å². The minimum Gasteiger partial charge on any atom is -0.443 e. The zero-order chi connectivity index (χ0) is 18.0. The van der Waals surface area contributed by atoms with E-state index in [-0.39, 0.29) is 11.9 Å². The highest BCUT2D eigenvalue weighted by Gasteiger charge is 2.20. The summed E-state index contributed by atoms with van der Waals surface area (Å²) in [4.78, 5) is 16.7. The highest BCUT2D eigenvalue weighted by atomic mass is 16.3. The lowest BCUT2D eigenvalue weighted by Crippen LogP contribution is -2.36. The molecule has 130 valence electrons. The second-order valence-electron chi connectivity index (χ2n) is 6.38. The van der Waals surface area contributed by atoms with Crippen LogP contribution in [0, 0.1) is 20.8 Å². The molecule has 0 aliphatic heterocycles. The first kappa shape index (κ1) is 17.0. The van der Waals surface area contributed by atoms with Crippen LogP contribution in [-0.2, 0) is 6.54 Å². The number of aryl methyl sites for hydroxylation is 3. The summed E-state index contributed by atoms with van der Waals surface area (Å²) in [5.41, 5.74) is 4.31. The van der Waals surface area contributed by atoms with Crippen molar-refractivity contribution in [1.82, 2.24) is 20.1 Å². The van der Waals surface area contributed by atoms with Crippen LogP contribution in [0.5, 0.6) is 0 Å². The van der Waals surface area contributed by atoms with Gasteiger partial charge in [-0.2, -0.15) is 5.10 Å². The van der Waals surface area contributed by atoms with E-state index in [0.717, 1.165) is 22.5 Å². The minimum atomic E-state index is -0.252. The lowest BCUT2D eigenvalue weighted by atomic mass is 10.1. The summed E-state index contributed by atoms with van der Waals surface area (Å²) in [6, 6.07) is 9.73. The quantitative estimate of drug-likeness (QED) is 0.775. The number of aromatic nitrogens is 3. The third-order valence-electron chi connectivity index (χ3n) is 4.02. The Bertz CT molecular complexity index is 877. The monoisotopic (exact) mass is 338 g/mol. The van der Waals surface area contributed by atoms with Crippen LogP contribution in [0.2, 0.25) is 0 Å². The van der Waals surface area contributed by atoms with Crippen molar-refractivity contribution in [3.05, 3.63) is 59.4 Å². The molecule has 3 aromatic rings. The van der Waals surface area contributed by atoms with Crippen molar-refractivity contribution in [2.75, 3.05) is 0 Å². The molecule has 0 saturated heterocycles. The SMILES string of the molecule is Cc1ccc(-c2ocnc2C(=O)N[C@@H](C)Cn2nc(C)cc2C)cc1. The molecule has 0 bridgehead atoms. The summed E-state index contributed by atoms with van der Waals surface area (Å²) in [7, 11) is 0. The normalized spacial score (nSPS) is 12.2. The smallest absolute Gasteiger partial charge is 0.274 e. The summed E-state index contributed by atoms with van der Waals surface area (Å²) >= 11 is 0. The number of nitrogens with one attached hydrogen (secondary N) is 1. The van der Waals surface area contributed by atoms with Crippen molar-refractivity contribution in [1.29, 1.82) is 0 Å². The molecule has 0 fully saturated rings. The lowest BCUT2D eigenvalue weighted by Gasteiger charge is -2.14. The van der Waals surface area contributed by atoms with E-state index in [1.165, 1.54) is 6.39 Å². The molecule has 0 unspecified atom stereocenters. The molecule has 25 heavy (non-hydrogen) atoms. The first-order valence-electron chi connectivity index (χ1n) is 8.26. The maximum atomic E-state index is 12.6. The second-order valence-corrected chi connectivity index (χ2v) is 6.38. The van der Waals surface area contributed by atoms with E-state index in [9.17, 15) is 4.79 Å². The van der Waals surface area contributed by atoms with Crippen molar-refractivity contribution in [3.8, 4) is 11.3 Å². The predicted octanol–water partition coefficient (Wildman–Crippen LogP) is 3.28. The molecule has 1 atom stereocenters. The van der Waals surface area contributed by atoms with Crippen LogP contribution in [0.15, 0.2) is 41.1 Å². The van der Waals surface area contributed by atoms with Crippen molar-refractivity contribution in [2.24, 2.45) is 0 Å². The highest BCUT2D eigenvalue weighted by Crippen LogP contribution is 2.23. The van der Waals surface area contributed by atoms with E-state index in [0.29, 0.717) is 18.0 Å². The van der Waals surface area contributed by atoms with E-state index in [1.54, 1.807) is 0 Å². The van der Waals surface area contributed by atoms with Crippen LogP contribution < -0.4 is 5.32 Å². The molecule has 0 aliphatic carbocycles. The van der Waals surface area contributed by atoms with E-state index in [2.05, 4.69) is 15.4 Å². The topological polar surface area (TPSA) is 73.0 Å². The molecule has 2 heterocycles. The first-order chi connectivity index (χ1) is 11.9. The maximum Gasteiger partial charge on any atom is 0.274 e. The molecule has 0 aliphatic rings. The first-order valence-corrected chi connectivity index (χ1v) is 8.26. The Morgan fingerprint density at radius 3 is 2.60 bits per heavy atom. The van der Waals surface area contributed by atoms with Gasteiger partial charge in [0.05, 0.1) is 12.2 Å². The number of amides is 1. The lowest BCUT2D eigenvalue weighted by molar-refractivity contribution is 0.0931. The Morgan fingerprint density at radius 2 is 1.96 bits per heavy atom. The zero-order valence-corrected chi connectivity index (χ0v) is 14.9. The summed E-state index contributed by atoms with van der Waals surface area (Å²) in [5.74, 6) is 0.231. The maximum absolute atomic E-state index is 12.6. The molecule has 2 aromatic heterocycles. The number of benzene rings is 1. The second kappa shape index (κ2) is 6.93. The molecular formula is C19H22N4O2. The summed E-state index contributed by atoms with van der Waals surface area (Å²) in [6.45, 7) is 8.51. The van der Waals surface area contributed by atoms with Gasteiger partial charge in [0.2, 0.25) is 0 Å². The molecule has 6 nitrogen and oxygen atoms in total. The third-order valence-corrected chi connectivity index (χ3v) is 4.02. The van der Waals surface area contributed by atoms with Crippen molar-refractivity contribution >= 4 is 5.91 Å². The van der Waals surface area contributed by atoms with E-state index >= 15 is 0 Å². The average Bonchev–Trinajstić information content (AvgIpc) is 3.15. The third kappa shape index (κ3) is 3.79. The molecule has 0 spiro atoms. The molecule has 0 saturated carbocycles. The molecule has 1 amide bonds. The predicted molar refractivity (Wildman–Crippen MR) is 95.3 cm³/mol. The number of oxazole rings is 1. The van der Waals surface area contributed by atoms with E-state index in [4.69, 9.17) is 4.42 Å². The molecule has 0 radical (unpaired) electrons. The fourth-order valence-electron chi connectivity index (χ4n) is 2.77. The Morgan fingerprint density at radius 1 is 1.24 bits per heavy atom. The zero-order valence-electron chi connectivity index (χ0n) is 14.9. The fraction of sp³-hybridized carbons (Fsp3) is 0.316. The van der Waals surface area contributed by atoms with Gasteiger partial charge in [-0.3, -0.25) is 9.48 Å². The van der Waals surface area contributed by atoms with Crippen LogP contribution >= 0.6 is 0 Å². The molecule has 1 N–H and O–H groups in total. The van der Waals surface area contributed by atoms with Crippen LogP contribution in [0.1, 0.15) is 34.4 Å². The highest BCUT2D eigenvalue weighted by molar-refractivity contribution is 5.97. The number of nitrogens with zero attached hydrogens (tertiary/aromatic N) is 3. The van der Waals surface area contributed by atoms with Crippen LogP contribution in [0.3, 0.4) is 0 Å². The van der Waals surface area contributed by atoms with Gasteiger partial charge in [0.25, 0.3) is 5.91 Å². The van der Waals surface area contributed by atoms with Gasteiger partial charge in [0.15, 0.2) is 17.8 Å². The van der Waals surface area contributed by atoms with Gasteiger partial charge >= 0.3 is 0 Å². The molecule has 1 aromatic carbocycles. The van der Waals surface area contributed by atoms with Gasteiger partial charge in [-0.05, 0) is 33.8 Å². The number of carbonyl (C=O) groups is 1. The standard InChI is InChI=1S/C19H22N4O2/c1-12-5-7-16(8-6-12)18-17(20-11-25-18)19(24)21-14(3)10-23-15(4)9-13(2)22-23/h5-9,11,14H,10H2,1-4H3,(H,21,24)/t14-/m0/s1. The number of hydrogen-bond donors (Lipinski definition) is 1. The minimum absolute atomic E-state index is 0.0898. The Balaban J connectivity index is 1.72. The number of rotatable bonds is 5. The Hall–Kier alpha value is -2.89. The molecular weight excluding hydrogens is 316 g/mol. The van der Waals surface area contributed by atoms with Gasteiger partial charge in [0, 0.05) is 17.3 Å². The van der Waals surface area contributed by atoms with Crippen LogP contribution in [0.4, 0.5) is 0 Å². The molecule has 6 heteroatoms. The van der Waals surface area contributed by atoms with Gasteiger partial charge in [-0.1, -0.05) is 29.8 Å². The van der Waals surface area contributed by atoms with Crippen molar-refractivity contribution < 1.29 is 9.21 Å². The van der Waals surface area contributed by atoms with Crippen molar-refractivity contribution in [3.63, 3.8) is 0 Å². The summed E-state index contributed by atoms with van der Waals surface area (Å²) < 4.78 is 7.34. The Labute approximate surface area is 146 Å². The molecule has 3 rings (SSSR count). The van der Waals surface area contributed by atoms with Gasteiger partial charge in [0.1, 0.15) is 0 Å². The largest absolute Gasteiger partial charge is 0.443 e. The van der Waals surface area contributed by atoms with E-state index < -0.39 is 0 Å². The Kier molecular flexibility index (Phi) is 4.70. The van der Waals surface area contributed by atoms with Gasteiger partial charge in [-0.15, -0.1) is 0 Å². The summed E-state index contributed by atoms with van der Waals surface area (Å²) in [5, 5.41) is 7.39. The number of carbonyl (C=O) groups excluding carboxylic acids is 1. The average molecular weight is 338 g/mol.